The van der Waals surface area contributed by atoms with E-state index in [1.807, 2.05) is 0 Å². The van der Waals surface area contributed by atoms with Crippen LogP contribution in [-0.2, 0) is 5.41 Å². The van der Waals surface area contributed by atoms with Crippen molar-refractivity contribution in [1.29, 1.82) is 0 Å². The Morgan fingerprint density at radius 3 is 1.28 bits per heavy atom. The lowest BCUT2D eigenvalue weighted by Gasteiger charge is -2.28. The van der Waals surface area contributed by atoms with Gasteiger partial charge in [0, 0.05) is 45.5 Å². The van der Waals surface area contributed by atoms with Crippen LogP contribution < -0.4 is 9.80 Å². The lowest BCUT2D eigenvalue weighted by Crippen LogP contribution is -2.19. The second kappa shape index (κ2) is 13.2. The van der Waals surface area contributed by atoms with Gasteiger partial charge < -0.3 is 9.80 Å². The summed E-state index contributed by atoms with van der Waals surface area (Å²) < 4.78 is 0. The normalized spacial score (nSPS) is 15.2. The highest BCUT2D eigenvalue weighted by Crippen LogP contribution is 2.52. The van der Waals surface area contributed by atoms with Gasteiger partial charge in [0.1, 0.15) is 0 Å². The van der Waals surface area contributed by atoms with Crippen molar-refractivity contribution >= 4 is 34.1 Å². The minimum absolute atomic E-state index is 0.0272. The van der Waals surface area contributed by atoms with Crippen LogP contribution in [0.2, 0.25) is 0 Å². The molecule has 7 aromatic rings. The Morgan fingerprint density at radius 2 is 0.800 bits per heavy atom. The van der Waals surface area contributed by atoms with Crippen molar-refractivity contribution in [3.8, 4) is 11.1 Å². The number of fused-ring (bicyclic) bond motifs is 3. The molecule has 2 unspecified atom stereocenters. The summed E-state index contributed by atoms with van der Waals surface area (Å²) >= 11 is 0. The highest BCUT2D eigenvalue weighted by atomic mass is 15.1. The first-order valence-electron chi connectivity index (χ1n) is 17.7. The third-order valence-corrected chi connectivity index (χ3v) is 10.7. The molecule has 0 fully saturated rings. The summed E-state index contributed by atoms with van der Waals surface area (Å²) in [5, 5.41) is 0. The van der Waals surface area contributed by atoms with Gasteiger partial charge in [0.25, 0.3) is 0 Å². The third kappa shape index (κ3) is 5.57. The maximum atomic E-state index is 2.40. The van der Waals surface area contributed by atoms with Gasteiger partial charge in [-0.3, -0.25) is 0 Å². The Balaban J connectivity index is 1.10. The summed E-state index contributed by atoms with van der Waals surface area (Å²) in [5.74, 6) is 0.244. The van der Waals surface area contributed by atoms with Crippen molar-refractivity contribution in [2.75, 3.05) is 9.80 Å². The van der Waals surface area contributed by atoms with Crippen molar-refractivity contribution < 1.29 is 0 Å². The Morgan fingerprint density at radius 1 is 0.420 bits per heavy atom. The molecule has 1 aliphatic carbocycles. The fourth-order valence-electron chi connectivity index (χ4n) is 7.74. The highest BCUT2D eigenvalue weighted by molar-refractivity contribution is 5.86. The van der Waals surface area contributed by atoms with Crippen LogP contribution >= 0.6 is 0 Å². The molecule has 2 heteroatoms. The van der Waals surface area contributed by atoms with Gasteiger partial charge in [0.2, 0.25) is 0 Å². The van der Waals surface area contributed by atoms with Crippen LogP contribution in [0.5, 0.6) is 0 Å². The predicted octanol–water partition coefficient (Wildman–Crippen LogP) is 13.5. The lowest BCUT2D eigenvalue weighted by atomic mass is 9.78. The van der Waals surface area contributed by atoms with Crippen LogP contribution in [0.3, 0.4) is 0 Å². The summed E-state index contributed by atoms with van der Waals surface area (Å²) in [6.45, 7) is 6.99. The number of hydrogen-bond acceptors (Lipinski definition) is 2. The molecule has 0 aromatic heterocycles. The Kier molecular flexibility index (Phi) is 8.30. The van der Waals surface area contributed by atoms with Crippen LogP contribution in [0.25, 0.3) is 11.1 Å². The van der Waals surface area contributed by atoms with Gasteiger partial charge >= 0.3 is 0 Å². The zero-order chi connectivity index (χ0) is 34.1. The molecule has 0 bridgehead atoms. The van der Waals surface area contributed by atoms with Crippen molar-refractivity contribution in [2.45, 2.75) is 38.5 Å². The second-order valence-electron chi connectivity index (χ2n) is 13.5. The molecular formula is C48H42N2. The average Bonchev–Trinajstić information content (AvgIpc) is 3.44. The first-order chi connectivity index (χ1) is 24.5. The standard InChI is InChI=1S/C48H42N2/c1-4-48(3)46-23-15-14-22-44(46)45-34-43(32-33-47(45)48)50(40-20-12-7-13-21-40)42-30-26-37(27-31-42)35(2)36-24-28-41(29-25-36)49(38-16-8-5-9-17-38)39-18-10-6-11-19-39/h5-35H,4H2,1-3H3. The summed E-state index contributed by atoms with van der Waals surface area (Å²) in [6.07, 6.45) is 1.07. The van der Waals surface area contributed by atoms with Crippen LogP contribution in [0.4, 0.5) is 34.1 Å². The fourth-order valence-corrected chi connectivity index (χ4v) is 7.74. The topological polar surface area (TPSA) is 6.48 Å². The fraction of sp³-hybridized carbons (Fsp3) is 0.125. The smallest absolute Gasteiger partial charge is 0.0468 e. The molecule has 0 N–H and O–H groups in total. The molecule has 2 atom stereocenters. The predicted molar refractivity (Wildman–Crippen MR) is 212 cm³/mol. The van der Waals surface area contributed by atoms with Gasteiger partial charge in [-0.2, -0.15) is 0 Å². The molecule has 0 spiro atoms. The molecule has 244 valence electrons. The van der Waals surface area contributed by atoms with Crippen LogP contribution in [0, 0.1) is 0 Å². The van der Waals surface area contributed by atoms with E-state index in [4.69, 9.17) is 0 Å². The van der Waals surface area contributed by atoms with Gasteiger partial charge in [0.05, 0.1) is 0 Å². The lowest BCUT2D eigenvalue weighted by molar-refractivity contribution is 0.564. The van der Waals surface area contributed by atoms with E-state index in [1.54, 1.807) is 0 Å². The van der Waals surface area contributed by atoms with Gasteiger partial charge in [-0.25, -0.2) is 0 Å². The van der Waals surface area contributed by atoms with Gasteiger partial charge in [-0.05, 0) is 113 Å². The maximum Gasteiger partial charge on any atom is 0.0468 e. The van der Waals surface area contributed by atoms with E-state index >= 15 is 0 Å². The molecule has 0 saturated carbocycles. The zero-order valence-corrected chi connectivity index (χ0v) is 29.0. The molecule has 1 aliphatic rings. The van der Waals surface area contributed by atoms with Crippen molar-refractivity contribution in [2.24, 2.45) is 0 Å². The van der Waals surface area contributed by atoms with E-state index in [9.17, 15) is 0 Å². The van der Waals surface area contributed by atoms with E-state index in [1.165, 1.54) is 39.1 Å². The average molecular weight is 647 g/mol. The van der Waals surface area contributed by atoms with E-state index in [0.717, 1.165) is 34.9 Å². The SMILES string of the molecule is CCC1(C)c2ccccc2-c2cc(N(c3ccccc3)c3ccc(C(C)c4ccc(N(c5ccccc5)c5ccccc5)cc4)cc3)ccc21. The number of hydrogen-bond donors (Lipinski definition) is 0. The number of anilines is 6. The van der Waals surface area contributed by atoms with E-state index < -0.39 is 0 Å². The minimum atomic E-state index is 0.0272. The van der Waals surface area contributed by atoms with E-state index in [2.05, 4.69) is 213 Å². The van der Waals surface area contributed by atoms with Crippen molar-refractivity contribution in [1.82, 2.24) is 0 Å². The van der Waals surface area contributed by atoms with Gasteiger partial charge in [-0.1, -0.05) is 130 Å². The zero-order valence-electron chi connectivity index (χ0n) is 29.0. The largest absolute Gasteiger partial charge is 0.311 e. The van der Waals surface area contributed by atoms with E-state index in [0.29, 0.717) is 0 Å². The van der Waals surface area contributed by atoms with Crippen LogP contribution in [0.15, 0.2) is 182 Å². The molecule has 0 aliphatic heterocycles. The Labute approximate surface area is 296 Å². The summed E-state index contributed by atoms with van der Waals surface area (Å²) in [7, 11) is 0. The van der Waals surface area contributed by atoms with Gasteiger partial charge in [0.15, 0.2) is 0 Å². The summed E-state index contributed by atoms with van der Waals surface area (Å²) in [4.78, 5) is 4.69. The molecule has 0 saturated heterocycles. The second-order valence-corrected chi connectivity index (χ2v) is 13.5. The van der Waals surface area contributed by atoms with Crippen LogP contribution in [0.1, 0.15) is 55.4 Å². The Hall–Kier alpha value is -5.86. The molecule has 7 aromatic carbocycles. The Bertz CT molecular complexity index is 2170. The number of benzene rings is 7. The maximum absolute atomic E-state index is 2.40. The number of rotatable bonds is 9. The molecule has 8 rings (SSSR count). The summed E-state index contributed by atoms with van der Waals surface area (Å²) in [6, 6.07) is 66.0. The quantitative estimate of drug-likeness (QED) is 0.154. The first-order valence-corrected chi connectivity index (χ1v) is 17.7. The molecule has 0 radical (unpaired) electrons. The summed E-state index contributed by atoms with van der Waals surface area (Å²) in [5.41, 5.74) is 15.0. The number of nitrogens with zero attached hydrogens (tertiary/aromatic N) is 2. The molecule has 0 heterocycles. The minimum Gasteiger partial charge on any atom is -0.311 e. The molecular weight excluding hydrogens is 605 g/mol. The van der Waals surface area contributed by atoms with E-state index in [-0.39, 0.29) is 11.3 Å². The number of para-hydroxylation sites is 3. The monoisotopic (exact) mass is 646 g/mol. The highest BCUT2D eigenvalue weighted by Gasteiger charge is 2.38. The molecule has 50 heavy (non-hydrogen) atoms. The van der Waals surface area contributed by atoms with Crippen molar-refractivity contribution in [3.05, 3.63) is 204 Å². The molecule has 0 amide bonds. The van der Waals surface area contributed by atoms with Crippen LogP contribution in [-0.4, -0.2) is 0 Å². The van der Waals surface area contributed by atoms with Crippen molar-refractivity contribution in [3.63, 3.8) is 0 Å². The van der Waals surface area contributed by atoms with Gasteiger partial charge in [-0.15, -0.1) is 0 Å². The first kappa shape index (κ1) is 31.4. The molecule has 2 nitrogen and oxygen atoms in total. The third-order valence-electron chi connectivity index (χ3n) is 10.7.